The monoisotopic (exact) mass is 398 g/mol. The smallest absolute Gasteiger partial charge is 0.198 e. The molecule has 29 heavy (non-hydrogen) atoms. The first-order valence-corrected chi connectivity index (χ1v) is 11.8. The van der Waals surface area contributed by atoms with E-state index in [0.29, 0.717) is 12.0 Å². The van der Waals surface area contributed by atoms with Crippen LogP contribution in [0.1, 0.15) is 64.7 Å². The van der Waals surface area contributed by atoms with E-state index >= 15 is 0 Å². The molecule has 5 nitrogen and oxygen atoms in total. The number of aromatic hydroxyl groups is 1. The Morgan fingerprint density at radius 2 is 1.62 bits per heavy atom. The Hall–Kier alpha value is -1.75. The molecule has 2 N–H and O–H groups in total. The quantitative estimate of drug-likeness (QED) is 0.441. The number of nitrogens with one attached hydrogen (secondary N) is 1. The van der Waals surface area contributed by atoms with E-state index in [1.807, 2.05) is 18.2 Å². The number of phenolic OH excluding ortho intramolecular Hbond substituents is 1. The summed E-state index contributed by atoms with van der Waals surface area (Å²) in [6.07, 6.45) is 12.0. The highest BCUT2D eigenvalue weighted by molar-refractivity contribution is 5.95. The number of phenols is 1. The fourth-order valence-corrected chi connectivity index (χ4v) is 5.28. The van der Waals surface area contributed by atoms with Crippen LogP contribution in [0.25, 0.3) is 0 Å². The normalized spacial score (nSPS) is 27.8. The minimum absolute atomic E-state index is 0.290. The van der Waals surface area contributed by atoms with Crippen LogP contribution in [-0.4, -0.2) is 59.1 Å². The van der Waals surface area contributed by atoms with E-state index in [4.69, 9.17) is 4.99 Å². The number of aliphatic imine (C=N–C) groups is 1. The summed E-state index contributed by atoms with van der Waals surface area (Å²) in [5.41, 5.74) is 0.754. The zero-order valence-corrected chi connectivity index (χ0v) is 18.0. The fraction of sp³-hybridized carbons (Fsp3) is 0.708. The predicted molar refractivity (Wildman–Crippen MR) is 121 cm³/mol. The summed E-state index contributed by atoms with van der Waals surface area (Å²) < 4.78 is 0. The minimum Gasteiger partial charge on any atom is -0.506 e. The summed E-state index contributed by atoms with van der Waals surface area (Å²) in [6, 6.07) is 8.68. The van der Waals surface area contributed by atoms with Crippen molar-refractivity contribution in [3.63, 3.8) is 0 Å². The molecule has 0 radical (unpaired) electrons. The first-order valence-electron chi connectivity index (χ1n) is 11.8. The first kappa shape index (κ1) is 20.5. The van der Waals surface area contributed by atoms with Crippen LogP contribution >= 0.6 is 0 Å². The van der Waals surface area contributed by atoms with E-state index in [2.05, 4.69) is 22.0 Å². The van der Waals surface area contributed by atoms with Crippen molar-refractivity contribution in [2.45, 2.75) is 76.8 Å². The highest BCUT2D eigenvalue weighted by Gasteiger charge is 2.28. The van der Waals surface area contributed by atoms with E-state index in [1.54, 1.807) is 6.07 Å². The lowest BCUT2D eigenvalue weighted by molar-refractivity contribution is 0.107. The molecule has 1 saturated heterocycles. The molecule has 2 unspecified atom stereocenters. The molecule has 0 bridgehead atoms. The van der Waals surface area contributed by atoms with E-state index in [-0.39, 0.29) is 5.75 Å². The van der Waals surface area contributed by atoms with Gasteiger partial charge in [0.2, 0.25) is 0 Å². The minimum atomic E-state index is 0.290. The second-order valence-electron chi connectivity index (χ2n) is 9.24. The molecule has 0 aromatic heterocycles. The van der Waals surface area contributed by atoms with Crippen LogP contribution in [0.5, 0.6) is 5.75 Å². The molecule has 5 heteroatoms. The number of para-hydroxylation sites is 2. The molecular weight excluding hydrogens is 360 g/mol. The number of hydrogen-bond acceptors (Lipinski definition) is 3. The molecule has 1 heterocycles. The number of nitrogens with zero attached hydrogens (tertiary/aromatic N) is 3. The molecule has 1 aliphatic heterocycles. The zero-order chi connectivity index (χ0) is 20.1. The van der Waals surface area contributed by atoms with Crippen LogP contribution in [0.4, 0.5) is 5.69 Å². The molecule has 4 rings (SSSR count). The standard InChI is InChI=1S/C24H38N4O/c1-19-9-5-6-12-21(19)25-24(26-22-13-7-8-14-23(22)29)28-17-15-27(16-18-28)20-10-3-2-4-11-20/h7-8,13-14,19-21,29H,2-6,9-12,15-18H2,1H3,(H,25,26). The first-order chi connectivity index (χ1) is 14.2. The van der Waals surface area contributed by atoms with Crippen molar-refractivity contribution in [2.24, 2.45) is 10.9 Å². The number of piperazine rings is 1. The molecule has 0 amide bonds. The number of anilines is 1. The van der Waals surface area contributed by atoms with Gasteiger partial charge in [-0.05, 0) is 43.7 Å². The Morgan fingerprint density at radius 3 is 2.34 bits per heavy atom. The average Bonchev–Trinajstić information content (AvgIpc) is 2.77. The lowest BCUT2D eigenvalue weighted by Crippen LogP contribution is -2.54. The Morgan fingerprint density at radius 1 is 0.931 bits per heavy atom. The third-order valence-electron chi connectivity index (χ3n) is 7.21. The van der Waals surface area contributed by atoms with Gasteiger partial charge in [-0.15, -0.1) is 0 Å². The fourth-order valence-electron chi connectivity index (χ4n) is 5.28. The summed E-state index contributed by atoms with van der Waals surface area (Å²) in [7, 11) is 0. The molecule has 1 aromatic rings. The molecule has 3 aliphatic rings. The van der Waals surface area contributed by atoms with Gasteiger partial charge < -0.3 is 15.3 Å². The van der Waals surface area contributed by atoms with Crippen LogP contribution in [-0.2, 0) is 0 Å². The molecule has 1 aromatic carbocycles. The second-order valence-corrected chi connectivity index (χ2v) is 9.24. The zero-order valence-electron chi connectivity index (χ0n) is 18.0. The Kier molecular flexibility index (Phi) is 6.96. The second kappa shape index (κ2) is 9.84. The van der Waals surface area contributed by atoms with Crippen molar-refractivity contribution in [3.05, 3.63) is 24.3 Å². The molecule has 160 valence electrons. The van der Waals surface area contributed by atoms with Gasteiger partial charge in [0.05, 0.1) is 11.7 Å². The number of hydrogen-bond donors (Lipinski definition) is 2. The Bertz CT molecular complexity index is 677. The van der Waals surface area contributed by atoms with Crippen LogP contribution in [0, 0.1) is 5.92 Å². The summed E-state index contributed by atoms with van der Waals surface area (Å²) in [4.78, 5) is 10.3. The molecule has 2 atom stereocenters. The van der Waals surface area contributed by atoms with Gasteiger partial charge in [0.15, 0.2) is 5.96 Å². The molecule has 2 saturated carbocycles. The van der Waals surface area contributed by atoms with Gasteiger partial charge in [-0.1, -0.05) is 51.2 Å². The van der Waals surface area contributed by atoms with Gasteiger partial charge in [0.25, 0.3) is 0 Å². The summed E-state index contributed by atoms with van der Waals surface area (Å²) in [5, 5.41) is 13.8. The average molecular weight is 399 g/mol. The number of benzene rings is 1. The van der Waals surface area contributed by atoms with Gasteiger partial charge in [-0.3, -0.25) is 4.90 Å². The van der Waals surface area contributed by atoms with E-state index in [9.17, 15) is 5.11 Å². The van der Waals surface area contributed by atoms with Gasteiger partial charge in [0.1, 0.15) is 5.75 Å². The van der Waals surface area contributed by atoms with E-state index in [1.165, 1.54) is 57.8 Å². The van der Waals surface area contributed by atoms with Crippen molar-refractivity contribution in [2.75, 3.05) is 31.5 Å². The Balaban J connectivity index is 1.47. The van der Waals surface area contributed by atoms with Crippen molar-refractivity contribution in [1.82, 2.24) is 9.80 Å². The van der Waals surface area contributed by atoms with E-state index in [0.717, 1.165) is 43.9 Å². The third-order valence-corrected chi connectivity index (χ3v) is 7.21. The maximum atomic E-state index is 10.3. The molecule has 3 fully saturated rings. The van der Waals surface area contributed by atoms with Crippen LogP contribution in [0.2, 0.25) is 0 Å². The van der Waals surface area contributed by atoms with Crippen LogP contribution < -0.4 is 5.32 Å². The van der Waals surface area contributed by atoms with Crippen molar-refractivity contribution in [1.29, 1.82) is 0 Å². The largest absolute Gasteiger partial charge is 0.506 e. The third kappa shape index (κ3) is 5.25. The van der Waals surface area contributed by atoms with Gasteiger partial charge >= 0.3 is 0 Å². The van der Waals surface area contributed by atoms with Crippen molar-refractivity contribution < 1.29 is 5.11 Å². The highest BCUT2D eigenvalue weighted by Crippen LogP contribution is 2.28. The highest BCUT2D eigenvalue weighted by atomic mass is 16.3. The molecule has 2 aliphatic carbocycles. The molecule has 0 spiro atoms. The summed E-state index contributed by atoms with van der Waals surface area (Å²) in [6.45, 7) is 6.60. The summed E-state index contributed by atoms with van der Waals surface area (Å²) in [5.74, 6) is 1.87. The van der Waals surface area contributed by atoms with Gasteiger partial charge in [-0.25, -0.2) is 4.99 Å². The maximum Gasteiger partial charge on any atom is 0.198 e. The number of guanidine groups is 1. The van der Waals surface area contributed by atoms with Crippen LogP contribution in [0.3, 0.4) is 0 Å². The maximum absolute atomic E-state index is 10.3. The van der Waals surface area contributed by atoms with Gasteiger partial charge in [-0.2, -0.15) is 0 Å². The topological polar surface area (TPSA) is 51.1 Å². The van der Waals surface area contributed by atoms with E-state index < -0.39 is 0 Å². The lowest BCUT2D eigenvalue weighted by Gasteiger charge is -2.42. The SMILES string of the molecule is CC1CCCCC1N=C(Nc1ccccc1O)N1CCN(C2CCCCC2)CC1. The predicted octanol–water partition coefficient (Wildman–Crippen LogP) is 4.69. The Labute approximate surface area is 176 Å². The lowest BCUT2D eigenvalue weighted by atomic mass is 9.86. The van der Waals surface area contributed by atoms with Crippen LogP contribution in [0.15, 0.2) is 29.3 Å². The summed E-state index contributed by atoms with van der Waals surface area (Å²) >= 11 is 0. The van der Waals surface area contributed by atoms with Crippen molar-refractivity contribution in [3.8, 4) is 5.75 Å². The van der Waals surface area contributed by atoms with Gasteiger partial charge in [0, 0.05) is 32.2 Å². The van der Waals surface area contributed by atoms with Crippen molar-refractivity contribution >= 4 is 11.6 Å². The number of rotatable bonds is 3. The molecular formula is C24H38N4O.